The van der Waals surface area contributed by atoms with Gasteiger partial charge in [0.1, 0.15) is 5.15 Å². The lowest BCUT2D eigenvalue weighted by Gasteiger charge is -2.21. The molecule has 164 valence electrons. The number of aromatic carboxylic acids is 1. The van der Waals surface area contributed by atoms with Crippen LogP contribution in [0.1, 0.15) is 51.4 Å². The second kappa shape index (κ2) is 9.89. The van der Waals surface area contributed by atoms with Crippen molar-refractivity contribution in [3.8, 4) is 0 Å². The molecule has 2 aromatic rings. The average Bonchev–Trinajstić information content (AvgIpc) is 3.26. The van der Waals surface area contributed by atoms with Crippen LogP contribution in [0, 0.1) is 12.8 Å². The van der Waals surface area contributed by atoms with Crippen LogP contribution in [0.2, 0.25) is 5.15 Å². The highest BCUT2D eigenvalue weighted by atomic mass is 35.5. The van der Waals surface area contributed by atoms with Crippen molar-refractivity contribution in [2.75, 3.05) is 25.6 Å². The largest absolute Gasteiger partial charge is 0.476 e. The predicted molar refractivity (Wildman–Crippen MR) is 120 cm³/mol. The summed E-state index contributed by atoms with van der Waals surface area (Å²) in [5.41, 5.74) is 2.79. The van der Waals surface area contributed by atoms with Gasteiger partial charge in [-0.2, -0.15) is 0 Å². The smallest absolute Gasteiger partial charge is 0.356 e. The number of aryl methyl sites for hydroxylation is 1. The Morgan fingerprint density at radius 1 is 1.39 bits per heavy atom. The molecule has 1 amide bonds. The minimum atomic E-state index is -1.19. The number of rotatable bonds is 7. The lowest BCUT2D eigenvalue weighted by atomic mass is 9.97. The zero-order valence-electron chi connectivity index (χ0n) is 17.6. The minimum absolute atomic E-state index is 0.0946. The lowest BCUT2D eigenvalue weighted by molar-refractivity contribution is 0.0691. The summed E-state index contributed by atoms with van der Waals surface area (Å²) in [6.45, 7) is 5.07. The van der Waals surface area contributed by atoms with Crippen molar-refractivity contribution in [1.82, 2.24) is 10.3 Å². The summed E-state index contributed by atoms with van der Waals surface area (Å²) < 4.78 is 5.41. The molecule has 3 rings (SSSR count). The maximum Gasteiger partial charge on any atom is 0.356 e. The SMILES string of the molecule is CNC(=O)c1cc(C)cc(C(C)Nc2ccc(Cl)nc2C(=O)O)c1/N=C/C1CCOC1. The number of nitrogens with zero attached hydrogens (tertiary/aromatic N) is 2. The third-order valence-corrected chi connectivity index (χ3v) is 5.25. The first-order chi connectivity index (χ1) is 14.8. The monoisotopic (exact) mass is 444 g/mol. The molecule has 0 bridgehead atoms. The van der Waals surface area contributed by atoms with E-state index < -0.39 is 5.97 Å². The lowest BCUT2D eigenvalue weighted by Crippen LogP contribution is -2.20. The molecule has 31 heavy (non-hydrogen) atoms. The van der Waals surface area contributed by atoms with Gasteiger partial charge in [0.05, 0.1) is 29.6 Å². The van der Waals surface area contributed by atoms with Gasteiger partial charge in [0.2, 0.25) is 0 Å². The van der Waals surface area contributed by atoms with Crippen LogP contribution in [0.5, 0.6) is 0 Å². The van der Waals surface area contributed by atoms with Crippen molar-refractivity contribution in [3.63, 3.8) is 0 Å². The van der Waals surface area contributed by atoms with Crippen LogP contribution in [0.25, 0.3) is 0 Å². The van der Waals surface area contributed by atoms with Crippen LogP contribution in [0.4, 0.5) is 11.4 Å². The number of anilines is 1. The number of hydrogen-bond acceptors (Lipinski definition) is 6. The van der Waals surface area contributed by atoms with Crippen LogP contribution in [-0.4, -0.2) is 48.4 Å². The highest BCUT2D eigenvalue weighted by Crippen LogP contribution is 2.34. The van der Waals surface area contributed by atoms with E-state index in [-0.39, 0.29) is 28.7 Å². The van der Waals surface area contributed by atoms with E-state index in [1.54, 1.807) is 19.2 Å². The summed E-state index contributed by atoms with van der Waals surface area (Å²) in [5, 5.41) is 15.4. The molecule has 1 aliphatic rings. The summed E-state index contributed by atoms with van der Waals surface area (Å²) in [7, 11) is 1.57. The van der Waals surface area contributed by atoms with Crippen molar-refractivity contribution in [1.29, 1.82) is 0 Å². The number of ether oxygens (including phenoxy) is 1. The summed E-state index contributed by atoms with van der Waals surface area (Å²) in [4.78, 5) is 32.7. The van der Waals surface area contributed by atoms with Gasteiger partial charge in [-0.1, -0.05) is 17.7 Å². The number of carboxylic acids is 1. The summed E-state index contributed by atoms with van der Waals surface area (Å²) in [6.07, 6.45) is 2.71. The third-order valence-electron chi connectivity index (χ3n) is 5.04. The highest BCUT2D eigenvalue weighted by molar-refractivity contribution is 6.29. The van der Waals surface area contributed by atoms with Crippen molar-refractivity contribution in [2.24, 2.45) is 10.9 Å². The number of pyridine rings is 1. The van der Waals surface area contributed by atoms with Crippen molar-refractivity contribution in [2.45, 2.75) is 26.3 Å². The van der Waals surface area contributed by atoms with Crippen LogP contribution < -0.4 is 10.6 Å². The van der Waals surface area contributed by atoms with Crippen LogP contribution in [0.15, 0.2) is 29.3 Å². The van der Waals surface area contributed by atoms with E-state index in [1.807, 2.05) is 26.1 Å². The second-order valence-electron chi connectivity index (χ2n) is 7.43. The highest BCUT2D eigenvalue weighted by Gasteiger charge is 2.22. The minimum Gasteiger partial charge on any atom is -0.476 e. The molecule has 1 fully saturated rings. The van der Waals surface area contributed by atoms with Crippen molar-refractivity contribution in [3.05, 3.63) is 51.8 Å². The van der Waals surface area contributed by atoms with E-state index in [4.69, 9.17) is 16.3 Å². The van der Waals surface area contributed by atoms with E-state index in [2.05, 4.69) is 20.6 Å². The first-order valence-corrected chi connectivity index (χ1v) is 10.3. The summed E-state index contributed by atoms with van der Waals surface area (Å²) in [6, 6.07) is 6.46. The van der Waals surface area contributed by atoms with Crippen molar-refractivity contribution < 1.29 is 19.4 Å². The third kappa shape index (κ3) is 5.39. The molecular formula is C22H25ClN4O4. The van der Waals surface area contributed by atoms with Gasteiger partial charge in [-0.05, 0) is 44.0 Å². The fourth-order valence-corrected chi connectivity index (χ4v) is 3.61. The Morgan fingerprint density at radius 2 is 2.16 bits per heavy atom. The summed E-state index contributed by atoms with van der Waals surface area (Å²) in [5.74, 6) is -1.24. The Bertz CT molecular complexity index is 1020. The molecule has 1 aromatic heterocycles. The fraction of sp³-hybridized carbons (Fsp3) is 0.364. The van der Waals surface area contributed by atoms with E-state index >= 15 is 0 Å². The number of aliphatic imine (C=N–C) groups is 1. The van der Waals surface area contributed by atoms with E-state index in [0.717, 1.165) is 17.5 Å². The topological polar surface area (TPSA) is 113 Å². The molecule has 1 aromatic carbocycles. The van der Waals surface area contributed by atoms with E-state index in [9.17, 15) is 14.7 Å². The number of hydrogen-bond donors (Lipinski definition) is 3. The number of carbonyl (C=O) groups excluding carboxylic acids is 1. The van der Waals surface area contributed by atoms with Gasteiger partial charge in [-0.15, -0.1) is 0 Å². The van der Waals surface area contributed by atoms with Gasteiger partial charge in [0.15, 0.2) is 5.69 Å². The Hall–Kier alpha value is -2.97. The van der Waals surface area contributed by atoms with Gasteiger partial charge < -0.3 is 20.5 Å². The first-order valence-electron chi connectivity index (χ1n) is 9.95. The molecular weight excluding hydrogens is 420 g/mol. The Balaban J connectivity index is 2.03. The standard InChI is InChI=1S/C22H25ClN4O4/c1-12-8-15(13(2)26-17-4-5-18(23)27-20(17)22(29)30)19(16(9-12)21(28)24-3)25-10-14-6-7-31-11-14/h4-5,8-10,13-14,26H,6-7,11H2,1-3H3,(H,24,28)(H,29,30)/b25-10+. The average molecular weight is 445 g/mol. The quantitative estimate of drug-likeness (QED) is 0.439. The van der Waals surface area contributed by atoms with Crippen molar-refractivity contribution >= 4 is 41.1 Å². The molecule has 1 aliphatic heterocycles. The predicted octanol–water partition coefficient (Wildman–Crippen LogP) is 4.01. The number of aromatic nitrogens is 1. The van der Waals surface area contributed by atoms with Gasteiger partial charge >= 0.3 is 5.97 Å². The maximum atomic E-state index is 12.6. The number of benzene rings is 1. The maximum absolute atomic E-state index is 12.6. The van der Waals surface area contributed by atoms with Crippen LogP contribution >= 0.6 is 11.6 Å². The molecule has 2 heterocycles. The molecule has 0 aliphatic carbocycles. The number of amides is 1. The van der Waals surface area contributed by atoms with Gasteiger partial charge in [-0.3, -0.25) is 9.79 Å². The van der Waals surface area contributed by atoms with Gasteiger partial charge in [0.25, 0.3) is 5.91 Å². The molecule has 0 saturated carbocycles. The normalized spacial score (nSPS) is 17.0. The Kier molecular flexibility index (Phi) is 7.25. The van der Waals surface area contributed by atoms with E-state index in [0.29, 0.717) is 30.2 Å². The Labute approximate surface area is 185 Å². The van der Waals surface area contributed by atoms with E-state index in [1.165, 1.54) is 6.07 Å². The fourth-order valence-electron chi connectivity index (χ4n) is 3.46. The molecule has 3 N–H and O–H groups in total. The summed E-state index contributed by atoms with van der Waals surface area (Å²) >= 11 is 5.86. The Morgan fingerprint density at radius 3 is 2.81 bits per heavy atom. The molecule has 2 unspecified atom stereocenters. The second-order valence-corrected chi connectivity index (χ2v) is 7.82. The van der Waals surface area contributed by atoms with Gasteiger partial charge in [-0.25, -0.2) is 9.78 Å². The molecule has 8 nitrogen and oxygen atoms in total. The van der Waals surface area contributed by atoms with Gasteiger partial charge in [0, 0.05) is 31.4 Å². The van der Waals surface area contributed by atoms with Crippen LogP contribution in [-0.2, 0) is 4.74 Å². The molecule has 2 atom stereocenters. The molecule has 1 saturated heterocycles. The first kappa shape index (κ1) is 22.7. The zero-order valence-corrected chi connectivity index (χ0v) is 18.4. The molecule has 9 heteroatoms. The molecule has 0 spiro atoms. The number of carbonyl (C=O) groups is 2. The zero-order chi connectivity index (χ0) is 22.5. The number of nitrogens with one attached hydrogen (secondary N) is 2. The molecule has 0 radical (unpaired) electrons. The van der Waals surface area contributed by atoms with Crippen LogP contribution in [0.3, 0.4) is 0 Å². The number of carboxylic acid groups (broad SMARTS) is 1. The number of halogens is 1.